The third-order valence-electron chi connectivity index (χ3n) is 10.2. The van der Waals surface area contributed by atoms with Crippen LogP contribution in [-0.4, -0.2) is 42.4 Å². The van der Waals surface area contributed by atoms with Crippen LogP contribution in [0.5, 0.6) is 17.2 Å². The van der Waals surface area contributed by atoms with Gasteiger partial charge >= 0.3 is 0 Å². The first-order valence-corrected chi connectivity index (χ1v) is 21.3. The molecule has 2 aromatic carbocycles. The summed E-state index contributed by atoms with van der Waals surface area (Å²) in [6.45, 7) is 17.3. The molecule has 5 rings (SSSR count). The van der Waals surface area contributed by atoms with Crippen LogP contribution in [-0.2, 0) is 12.0 Å². The van der Waals surface area contributed by atoms with E-state index in [0.29, 0.717) is 51.0 Å². The summed E-state index contributed by atoms with van der Waals surface area (Å²) in [5, 5.41) is 25.2. The fraction of sp³-hybridized carbons (Fsp3) is 0.467. The number of pyridine rings is 2. The Kier molecular flexibility index (Phi) is 19.3. The Morgan fingerprint density at radius 3 is 2.17 bits per heavy atom. The first-order valence-electron chi connectivity index (χ1n) is 20.2. The fourth-order valence-electron chi connectivity index (χ4n) is 5.83. The molecule has 14 heteroatoms. The molecule has 3 atom stereocenters. The van der Waals surface area contributed by atoms with E-state index in [-0.39, 0.29) is 24.4 Å². The summed E-state index contributed by atoms with van der Waals surface area (Å²) in [6.07, 6.45) is 9.32. The monoisotopic (exact) mass is 874 g/mol. The molecule has 0 bridgehead atoms. The second kappa shape index (κ2) is 23.1. The number of hydrogen-bond donors (Lipinski definition) is 2. The van der Waals surface area contributed by atoms with Crippen molar-refractivity contribution in [2.45, 2.75) is 131 Å². The lowest BCUT2D eigenvalue weighted by Crippen LogP contribution is -2.30. The quantitative estimate of drug-likeness (QED) is 0.0667. The van der Waals surface area contributed by atoms with Crippen LogP contribution in [0.25, 0.3) is 5.65 Å². The molecule has 9 nitrogen and oxygen atoms in total. The number of benzene rings is 2. The van der Waals surface area contributed by atoms with Crippen LogP contribution in [0.2, 0.25) is 15.1 Å². The molecular formula is C45H59Cl3F2N6O3. The van der Waals surface area contributed by atoms with E-state index in [9.17, 15) is 13.9 Å². The van der Waals surface area contributed by atoms with E-state index in [1.165, 1.54) is 0 Å². The van der Waals surface area contributed by atoms with Gasteiger partial charge in [-0.15, -0.1) is 10.2 Å². The standard InChI is InChI=1S/C23H29Cl2N3O2.C20H24ClF2N3O.C2H6/c1-5-22(3,12-13-23(4,29)6-2)21-27-26-20-16(9-8-14-28(20)21)15-30-19-17(24)10-7-11-18(19)25;1-4-15(10-11-20(3,22)23)13-25-26-19-18(9-6-12-24-19)27-17-8-5-7-16(21)14(17)2;1-2/h7-11,14,29H,5-6,12-13,15H2,1-4H3;5-9,12-13,15H,4,10-11H2,1-3H3,(H,24,26);1-2H3/b;25-13+;. The molecule has 0 radical (unpaired) electrons. The van der Waals surface area contributed by atoms with E-state index >= 15 is 0 Å². The average Bonchev–Trinajstić information content (AvgIpc) is 3.67. The van der Waals surface area contributed by atoms with Crippen molar-refractivity contribution in [1.29, 1.82) is 0 Å². The van der Waals surface area contributed by atoms with Crippen molar-refractivity contribution in [3.63, 3.8) is 0 Å². The molecule has 3 unspecified atom stereocenters. The summed E-state index contributed by atoms with van der Waals surface area (Å²) in [4.78, 5) is 4.23. The van der Waals surface area contributed by atoms with Gasteiger partial charge in [-0.25, -0.2) is 13.8 Å². The highest BCUT2D eigenvalue weighted by Gasteiger charge is 2.33. The van der Waals surface area contributed by atoms with Crippen LogP contribution >= 0.6 is 34.8 Å². The zero-order valence-corrected chi connectivity index (χ0v) is 37.9. The van der Waals surface area contributed by atoms with E-state index in [2.05, 4.69) is 39.6 Å². The molecule has 0 aliphatic rings. The predicted molar refractivity (Wildman–Crippen MR) is 239 cm³/mol. The summed E-state index contributed by atoms with van der Waals surface area (Å²) in [5.41, 5.74) is 4.43. The topological polar surface area (TPSA) is 106 Å². The Bertz CT molecular complexity index is 2070. The Labute approximate surface area is 363 Å². The minimum atomic E-state index is -2.66. The van der Waals surface area contributed by atoms with E-state index in [1.54, 1.807) is 48.8 Å². The van der Waals surface area contributed by atoms with Crippen LogP contribution in [0, 0.1) is 12.8 Å². The number of anilines is 1. The zero-order chi connectivity index (χ0) is 43.8. The van der Waals surface area contributed by atoms with Crippen molar-refractivity contribution >= 4 is 52.5 Å². The molecule has 0 spiro atoms. The molecule has 59 heavy (non-hydrogen) atoms. The van der Waals surface area contributed by atoms with Crippen LogP contribution in [0.4, 0.5) is 14.6 Å². The number of nitrogens with one attached hydrogen (secondary N) is 1. The van der Waals surface area contributed by atoms with E-state index in [0.717, 1.165) is 55.2 Å². The van der Waals surface area contributed by atoms with Gasteiger partial charge in [0, 0.05) is 46.6 Å². The minimum absolute atomic E-state index is 0.0356. The first kappa shape index (κ1) is 49.3. The van der Waals surface area contributed by atoms with Gasteiger partial charge in [-0.3, -0.25) is 9.83 Å². The Morgan fingerprint density at radius 1 is 0.864 bits per heavy atom. The maximum absolute atomic E-state index is 13.0. The summed E-state index contributed by atoms with van der Waals surface area (Å²) in [7, 11) is 0. The predicted octanol–water partition coefficient (Wildman–Crippen LogP) is 13.9. The molecule has 322 valence electrons. The number of hydrogen-bond acceptors (Lipinski definition) is 8. The summed E-state index contributed by atoms with van der Waals surface area (Å²) in [6, 6.07) is 18.1. The molecule has 0 amide bonds. The lowest BCUT2D eigenvalue weighted by atomic mass is 9.78. The Morgan fingerprint density at radius 2 is 1.53 bits per heavy atom. The van der Waals surface area contributed by atoms with Crippen molar-refractivity contribution in [3.8, 4) is 17.2 Å². The van der Waals surface area contributed by atoms with Gasteiger partial charge in [-0.05, 0) is 108 Å². The molecule has 0 aliphatic carbocycles. The second-order valence-electron chi connectivity index (χ2n) is 14.8. The highest BCUT2D eigenvalue weighted by Crippen LogP contribution is 2.37. The maximum Gasteiger partial charge on any atom is 0.245 e. The van der Waals surface area contributed by atoms with Crippen molar-refractivity contribution in [2.24, 2.45) is 11.0 Å². The molecule has 3 aromatic heterocycles. The number of ether oxygens (including phenoxy) is 2. The largest absolute Gasteiger partial charge is 0.486 e. The van der Waals surface area contributed by atoms with Gasteiger partial charge in [0.25, 0.3) is 0 Å². The van der Waals surface area contributed by atoms with Crippen molar-refractivity contribution in [1.82, 2.24) is 19.6 Å². The fourth-order valence-corrected chi connectivity index (χ4v) is 6.51. The number of halogens is 5. The third-order valence-corrected chi connectivity index (χ3v) is 11.3. The van der Waals surface area contributed by atoms with Crippen LogP contribution in [0.1, 0.15) is 117 Å². The molecule has 0 aliphatic heterocycles. The number of para-hydroxylation sites is 1. The lowest BCUT2D eigenvalue weighted by molar-refractivity contribution is 0.00876. The SMILES string of the molecule is CC.CCC(/C=N/Nc1ncccc1Oc1cccc(Cl)c1C)CCC(C)(F)F.CCC(C)(O)CCC(C)(CC)c1nnc2c(COc3c(Cl)cccc3Cl)cccn12. The number of aliphatic hydroxyl groups is 1. The average molecular weight is 876 g/mol. The highest BCUT2D eigenvalue weighted by atomic mass is 35.5. The van der Waals surface area contributed by atoms with Gasteiger partial charge in [0.2, 0.25) is 5.92 Å². The normalized spacial score (nSPS) is 14.0. The van der Waals surface area contributed by atoms with Crippen LogP contribution in [0.15, 0.2) is 78.2 Å². The Balaban J connectivity index is 0.000000304. The third kappa shape index (κ3) is 14.6. The summed E-state index contributed by atoms with van der Waals surface area (Å²) in [5.74, 6) is 0.209. The number of hydrazone groups is 1. The van der Waals surface area contributed by atoms with Gasteiger partial charge in [0.15, 0.2) is 23.0 Å². The zero-order valence-electron chi connectivity index (χ0n) is 35.6. The number of rotatable bonds is 18. The highest BCUT2D eigenvalue weighted by molar-refractivity contribution is 6.37. The van der Waals surface area contributed by atoms with Gasteiger partial charge in [0.1, 0.15) is 18.2 Å². The van der Waals surface area contributed by atoms with Gasteiger partial charge in [-0.2, -0.15) is 5.10 Å². The minimum Gasteiger partial charge on any atom is -0.486 e. The molecule has 3 heterocycles. The number of nitrogens with zero attached hydrogens (tertiary/aromatic N) is 5. The van der Waals surface area contributed by atoms with Crippen LogP contribution < -0.4 is 14.9 Å². The lowest BCUT2D eigenvalue weighted by Gasteiger charge is -2.30. The number of alkyl halides is 2. The molecule has 2 N–H and O–H groups in total. The molecule has 0 fully saturated rings. The Hall–Kier alpha value is -4.03. The van der Waals surface area contributed by atoms with E-state index in [4.69, 9.17) is 44.3 Å². The molecular weight excluding hydrogens is 817 g/mol. The number of aromatic nitrogens is 4. The van der Waals surface area contributed by atoms with E-state index < -0.39 is 11.5 Å². The van der Waals surface area contributed by atoms with Gasteiger partial charge < -0.3 is 14.6 Å². The van der Waals surface area contributed by atoms with Crippen LogP contribution in [0.3, 0.4) is 0 Å². The smallest absolute Gasteiger partial charge is 0.245 e. The van der Waals surface area contributed by atoms with Crippen molar-refractivity contribution < 1.29 is 23.4 Å². The maximum atomic E-state index is 13.0. The summed E-state index contributed by atoms with van der Waals surface area (Å²) >= 11 is 18.6. The van der Waals surface area contributed by atoms with E-state index in [1.807, 2.05) is 76.4 Å². The molecule has 0 saturated heterocycles. The molecule has 5 aromatic rings. The summed E-state index contributed by atoms with van der Waals surface area (Å²) < 4.78 is 39.9. The van der Waals surface area contributed by atoms with Gasteiger partial charge in [-0.1, -0.05) is 94.5 Å². The molecule has 0 saturated carbocycles. The van der Waals surface area contributed by atoms with Gasteiger partial charge in [0.05, 0.1) is 15.6 Å². The van der Waals surface area contributed by atoms with Crippen molar-refractivity contribution in [2.75, 3.05) is 5.43 Å². The first-order chi connectivity index (χ1) is 28.0. The second-order valence-corrected chi connectivity index (χ2v) is 16.1. The number of fused-ring (bicyclic) bond motifs is 1. The van der Waals surface area contributed by atoms with Crippen molar-refractivity contribution in [3.05, 3.63) is 105 Å².